The second kappa shape index (κ2) is 8.47. The summed E-state index contributed by atoms with van der Waals surface area (Å²) in [7, 11) is 0. The average Bonchev–Trinajstić information content (AvgIpc) is 3.18. The Morgan fingerprint density at radius 3 is 2.79 bits per heavy atom. The van der Waals surface area contributed by atoms with Gasteiger partial charge in [0.05, 0.1) is 31.5 Å². The minimum absolute atomic E-state index is 0.0316. The summed E-state index contributed by atoms with van der Waals surface area (Å²) in [6.07, 6.45) is 3.27. The molecule has 1 saturated heterocycles. The van der Waals surface area contributed by atoms with E-state index in [1.165, 1.54) is 0 Å². The predicted molar refractivity (Wildman–Crippen MR) is 112 cm³/mol. The zero-order valence-electron chi connectivity index (χ0n) is 15.1. The van der Waals surface area contributed by atoms with Crippen LogP contribution in [0.2, 0.25) is 5.02 Å². The molecule has 1 atom stereocenters. The summed E-state index contributed by atoms with van der Waals surface area (Å²) < 4.78 is 8.63. The zero-order chi connectivity index (χ0) is 19.5. The van der Waals surface area contributed by atoms with Crippen LogP contribution < -0.4 is 0 Å². The highest BCUT2D eigenvalue weighted by Crippen LogP contribution is 2.25. The first-order chi connectivity index (χ1) is 13.6. The molecule has 7 heteroatoms. The van der Waals surface area contributed by atoms with Crippen LogP contribution in [-0.2, 0) is 11.3 Å². The molecule has 1 amide bonds. The smallest absolute Gasteiger partial charge is 0.257 e. The van der Waals surface area contributed by atoms with Gasteiger partial charge in [-0.05, 0) is 29.3 Å². The van der Waals surface area contributed by atoms with E-state index in [0.29, 0.717) is 36.8 Å². The molecule has 3 aromatic rings. The third kappa shape index (κ3) is 4.29. The summed E-state index contributed by atoms with van der Waals surface area (Å²) in [5, 5.41) is 5.02. The highest BCUT2D eigenvalue weighted by molar-refractivity contribution is 9.10. The van der Waals surface area contributed by atoms with E-state index in [1.807, 2.05) is 53.4 Å². The van der Waals surface area contributed by atoms with Crippen LogP contribution in [-0.4, -0.2) is 40.3 Å². The quantitative estimate of drug-likeness (QED) is 0.573. The van der Waals surface area contributed by atoms with E-state index >= 15 is 0 Å². The van der Waals surface area contributed by atoms with Crippen molar-refractivity contribution in [2.45, 2.75) is 12.6 Å². The van der Waals surface area contributed by atoms with E-state index in [-0.39, 0.29) is 12.0 Å². The molecule has 2 heterocycles. The SMILES string of the molecule is O=C(c1cnn(Cc2ccccc2Cl)c1)N1CCOC(c2ccc(Br)cc2)C1. The molecular formula is C21H19BrClN3O2. The molecule has 0 N–H and O–H groups in total. The second-order valence-corrected chi connectivity index (χ2v) is 8.00. The minimum atomic E-state index is -0.121. The fourth-order valence-corrected chi connectivity index (χ4v) is 3.72. The maximum Gasteiger partial charge on any atom is 0.257 e. The topological polar surface area (TPSA) is 47.4 Å². The van der Waals surface area contributed by atoms with Crippen LogP contribution in [0.4, 0.5) is 0 Å². The predicted octanol–water partition coefficient (Wildman–Crippen LogP) is 4.56. The summed E-state index contributed by atoms with van der Waals surface area (Å²) in [4.78, 5) is 14.8. The van der Waals surface area contributed by atoms with Gasteiger partial charge in [0, 0.05) is 22.2 Å². The van der Waals surface area contributed by atoms with Gasteiger partial charge in [-0.3, -0.25) is 9.48 Å². The lowest BCUT2D eigenvalue weighted by Gasteiger charge is -2.33. The molecule has 4 rings (SSSR count). The number of ether oxygens (including phenoxy) is 1. The van der Waals surface area contributed by atoms with E-state index < -0.39 is 0 Å². The summed E-state index contributed by atoms with van der Waals surface area (Å²) in [6, 6.07) is 15.6. The van der Waals surface area contributed by atoms with Crippen LogP contribution in [0.15, 0.2) is 65.4 Å². The molecule has 0 radical (unpaired) electrons. The number of hydrogen-bond donors (Lipinski definition) is 0. The first-order valence-electron chi connectivity index (χ1n) is 9.02. The van der Waals surface area contributed by atoms with Crippen LogP contribution in [0.1, 0.15) is 27.6 Å². The second-order valence-electron chi connectivity index (χ2n) is 6.68. The van der Waals surface area contributed by atoms with E-state index in [1.54, 1.807) is 17.1 Å². The number of morpholine rings is 1. The molecule has 0 bridgehead atoms. The summed E-state index contributed by atoms with van der Waals surface area (Å²) in [5.41, 5.74) is 2.60. The highest BCUT2D eigenvalue weighted by atomic mass is 79.9. The molecule has 1 unspecified atom stereocenters. The molecule has 2 aromatic carbocycles. The Morgan fingerprint density at radius 2 is 2.00 bits per heavy atom. The average molecular weight is 461 g/mol. The van der Waals surface area contributed by atoms with E-state index in [4.69, 9.17) is 16.3 Å². The molecule has 1 fully saturated rings. The number of aromatic nitrogens is 2. The number of amides is 1. The van der Waals surface area contributed by atoms with Crippen molar-refractivity contribution in [2.75, 3.05) is 19.7 Å². The molecule has 28 heavy (non-hydrogen) atoms. The van der Waals surface area contributed by atoms with Crippen LogP contribution >= 0.6 is 27.5 Å². The van der Waals surface area contributed by atoms with Crippen molar-refractivity contribution < 1.29 is 9.53 Å². The van der Waals surface area contributed by atoms with E-state index in [9.17, 15) is 4.79 Å². The number of benzene rings is 2. The van der Waals surface area contributed by atoms with E-state index in [2.05, 4.69) is 21.0 Å². The van der Waals surface area contributed by atoms with Gasteiger partial charge in [-0.15, -0.1) is 0 Å². The van der Waals surface area contributed by atoms with Gasteiger partial charge in [-0.1, -0.05) is 57.9 Å². The molecule has 0 spiro atoms. The van der Waals surface area contributed by atoms with E-state index in [0.717, 1.165) is 15.6 Å². The summed E-state index contributed by atoms with van der Waals surface area (Å²) in [5.74, 6) is -0.0316. The first-order valence-corrected chi connectivity index (χ1v) is 10.2. The Kier molecular flexibility index (Phi) is 5.80. The van der Waals surface area contributed by atoms with Crippen LogP contribution in [0.5, 0.6) is 0 Å². The van der Waals surface area contributed by atoms with Gasteiger partial charge < -0.3 is 9.64 Å². The minimum Gasteiger partial charge on any atom is -0.370 e. The van der Waals surface area contributed by atoms with Crippen molar-refractivity contribution >= 4 is 33.4 Å². The lowest BCUT2D eigenvalue weighted by Crippen LogP contribution is -2.42. The van der Waals surface area contributed by atoms with Gasteiger partial charge in [-0.25, -0.2) is 0 Å². The number of halogens is 2. The Bertz CT molecular complexity index is 974. The lowest BCUT2D eigenvalue weighted by atomic mass is 10.1. The van der Waals surface area contributed by atoms with Crippen LogP contribution in [0.25, 0.3) is 0 Å². The van der Waals surface area contributed by atoms with Gasteiger partial charge >= 0.3 is 0 Å². The Morgan fingerprint density at radius 1 is 1.21 bits per heavy atom. The monoisotopic (exact) mass is 459 g/mol. The lowest BCUT2D eigenvalue weighted by molar-refractivity contribution is -0.0228. The number of rotatable bonds is 4. The first kappa shape index (κ1) is 19.2. The molecule has 144 valence electrons. The van der Waals surface area contributed by atoms with Crippen molar-refractivity contribution in [3.8, 4) is 0 Å². The fraction of sp³-hybridized carbons (Fsp3) is 0.238. The van der Waals surface area contributed by atoms with Crippen molar-refractivity contribution in [2.24, 2.45) is 0 Å². The third-order valence-corrected chi connectivity index (χ3v) is 5.66. The Labute approximate surface area is 177 Å². The van der Waals surface area contributed by atoms with Gasteiger partial charge in [0.1, 0.15) is 6.10 Å². The fourth-order valence-electron chi connectivity index (χ4n) is 3.26. The number of nitrogens with zero attached hydrogens (tertiary/aromatic N) is 3. The highest BCUT2D eigenvalue weighted by Gasteiger charge is 2.26. The van der Waals surface area contributed by atoms with Gasteiger partial charge in [0.2, 0.25) is 0 Å². The van der Waals surface area contributed by atoms with Gasteiger partial charge in [-0.2, -0.15) is 5.10 Å². The van der Waals surface area contributed by atoms with Crippen molar-refractivity contribution in [1.29, 1.82) is 0 Å². The van der Waals surface area contributed by atoms with Crippen molar-refractivity contribution in [1.82, 2.24) is 14.7 Å². The molecular weight excluding hydrogens is 442 g/mol. The Hall–Kier alpha value is -2.15. The molecule has 1 aromatic heterocycles. The molecule has 5 nitrogen and oxygen atoms in total. The number of carbonyl (C=O) groups is 1. The normalized spacial score (nSPS) is 16.9. The number of hydrogen-bond acceptors (Lipinski definition) is 3. The standard InChI is InChI=1S/C21H19BrClN3O2/c22-18-7-5-15(6-8-18)20-14-25(9-10-28-20)21(27)17-11-24-26(13-17)12-16-3-1-2-4-19(16)23/h1-8,11,13,20H,9-10,12,14H2. The maximum absolute atomic E-state index is 12.9. The Balaban J connectivity index is 1.45. The molecule has 0 saturated carbocycles. The molecule has 1 aliphatic heterocycles. The van der Waals surface area contributed by atoms with Crippen LogP contribution in [0.3, 0.4) is 0 Å². The number of carbonyl (C=O) groups excluding carboxylic acids is 1. The van der Waals surface area contributed by atoms with Crippen molar-refractivity contribution in [3.63, 3.8) is 0 Å². The molecule has 0 aliphatic carbocycles. The maximum atomic E-state index is 12.9. The summed E-state index contributed by atoms with van der Waals surface area (Å²) >= 11 is 9.66. The third-order valence-electron chi connectivity index (χ3n) is 4.77. The van der Waals surface area contributed by atoms with Crippen LogP contribution in [0, 0.1) is 0 Å². The zero-order valence-corrected chi connectivity index (χ0v) is 17.4. The van der Waals surface area contributed by atoms with Gasteiger partial charge in [0.25, 0.3) is 5.91 Å². The summed E-state index contributed by atoms with van der Waals surface area (Å²) in [6.45, 7) is 2.13. The largest absolute Gasteiger partial charge is 0.370 e. The van der Waals surface area contributed by atoms with Gasteiger partial charge in [0.15, 0.2) is 0 Å². The van der Waals surface area contributed by atoms with Crippen molar-refractivity contribution in [3.05, 3.63) is 87.1 Å². The molecule has 1 aliphatic rings.